The summed E-state index contributed by atoms with van der Waals surface area (Å²) in [5.41, 5.74) is 2.44. The van der Waals surface area contributed by atoms with Gasteiger partial charge in [0.1, 0.15) is 0 Å². The number of anilines is 2. The van der Waals surface area contributed by atoms with Gasteiger partial charge < -0.3 is 9.84 Å². The fourth-order valence-corrected chi connectivity index (χ4v) is 2.20. The molecule has 3 rings (SSSR count). The lowest BCUT2D eigenvalue weighted by molar-refractivity contribution is 0.262. The molecule has 5 nitrogen and oxygen atoms in total. The summed E-state index contributed by atoms with van der Waals surface area (Å²) in [4.78, 5) is 12.0. The summed E-state index contributed by atoms with van der Waals surface area (Å²) in [5, 5.41) is 9.73. The topological polar surface area (TPSA) is 67.2 Å². The zero-order valence-electron chi connectivity index (χ0n) is 12.3. The Bertz CT molecular complexity index is 831. The minimum atomic E-state index is -0.419. The molecule has 0 fully saturated rings. The van der Waals surface area contributed by atoms with E-state index in [4.69, 9.17) is 16.1 Å². The first kappa shape index (κ1) is 15.1. The number of benzene rings is 2. The average Bonchev–Trinajstić information content (AvgIpc) is 3.00. The summed E-state index contributed by atoms with van der Waals surface area (Å²) in [6.07, 6.45) is 0. The van der Waals surface area contributed by atoms with Gasteiger partial charge in [0, 0.05) is 22.3 Å². The molecule has 0 aliphatic carbocycles. The Morgan fingerprint density at radius 3 is 2.61 bits per heavy atom. The quantitative estimate of drug-likeness (QED) is 0.715. The second-order valence-corrected chi connectivity index (χ2v) is 5.39. The number of nitrogens with zero attached hydrogens (tertiary/aromatic N) is 1. The maximum Gasteiger partial charge on any atom is 0.324 e. The number of aromatic nitrogens is 1. The molecule has 0 bridgehead atoms. The summed E-state index contributed by atoms with van der Waals surface area (Å²) < 4.78 is 5.22. The van der Waals surface area contributed by atoms with Crippen molar-refractivity contribution in [3.8, 4) is 11.3 Å². The Morgan fingerprint density at radius 2 is 1.87 bits per heavy atom. The summed E-state index contributed by atoms with van der Waals surface area (Å²) in [5.74, 6) is 0.916. The van der Waals surface area contributed by atoms with Gasteiger partial charge in [0.05, 0.1) is 0 Å². The predicted octanol–water partition coefficient (Wildman–Crippen LogP) is 4.95. The Morgan fingerprint density at radius 1 is 1.09 bits per heavy atom. The molecule has 3 aromatic rings. The molecule has 2 aromatic carbocycles. The van der Waals surface area contributed by atoms with Gasteiger partial charge in [0.15, 0.2) is 11.6 Å². The Hall–Kier alpha value is -2.79. The molecular formula is C17H14ClN3O2. The van der Waals surface area contributed by atoms with Crippen LogP contribution in [-0.2, 0) is 0 Å². The number of hydrogen-bond donors (Lipinski definition) is 2. The molecule has 0 atom stereocenters. The van der Waals surface area contributed by atoms with Crippen LogP contribution in [0.4, 0.5) is 16.3 Å². The Kier molecular flexibility index (Phi) is 4.30. The van der Waals surface area contributed by atoms with Crippen LogP contribution in [0.3, 0.4) is 0 Å². The van der Waals surface area contributed by atoms with Crippen LogP contribution in [0.1, 0.15) is 5.56 Å². The van der Waals surface area contributed by atoms with Crippen LogP contribution in [0.25, 0.3) is 11.3 Å². The van der Waals surface area contributed by atoms with Crippen LogP contribution >= 0.6 is 11.6 Å². The lowest BCUT2D eigenvalue weighted by atomic mass is 10.2. The third-order valence-corrected chi connectivity index (χ3v) is 3.65. The van der Waals surface area contributed by atoms with Gasteiger partial charge in [-0.2, -0.15) is 0 Å². The maximum absolute atomic E-state index is 12.0. The SMILES string of the molecule is Cc1ccc(NC(=O)Nc2cc(-c3ccccc3)on2)cc1Cl. The van der Waals surface area contributed by atoms with Crippen LogP contribution in [0.2, 0.25) is 5.02 Å². The number of nitrogens with one attached hydrogen (secondary N) is 2. The van der Waals surface area contributed by atoms with Crippen LogP contribution in [0, 0.1) is 6.92 Å². The second-order valence-electron chi connectivity index (χ2n) is 4.99. The van der Waals surface area contributed by atoms with Gasteiger partial charge in [-0.25, -0.2) is 4.79 Å². The monoisotopic (exact) mass is 327 g/mol. The van der Waals surface area contributed by atoms with Gasteiger partial charge in [-0.15, -0.1) is 0 Å². The number of hydrogen-bond acceptors (Lipinski definition) is 3. The second kappa shape index (κ2) is 6.54. The van der Waals surface area contributed by atoms with Crippen molar-refractivity contribution in [1.82, 2.24) is 5.16 Å². The van der Waals surface area contributed by atoms with Crippen molar-refractivity contribution in [2.75, 3.05) is 10.6 Å². The molecule has 0 unspecified atom stereocenters. The normalized spacial score (nSPS) is 10.3. The number of rotatable bonds is 3. The molecule has 6 heteroatoms. The van der Waals surface area contributed by atoms with Crippen molar-refractivity contribution >= 4 is 29.1 Å². The van der Waals surface area contributed by atoms with Crippen LogP contribution in [0.15, 0.2) is 59.1 Å². The standard InChI is InChI=1S/C17H14ClN3O2/c1-11-7-8-13(9-14(11)18)19-17(22)20-16-10-15(23-21-16)12-5-3-2-4-6-12/h2-10H,1H3,(H2,19,20,21,22). The molecule has 0 aliphatic rings. The molecule has 0 saturated heterocycles. The molecule has 2 amide bonds. The molecule has 0 radical (unpaired) electrons. The Labute approximate surface area is 138 Å². The first-order chi connectivity index (χ1) is 11.1. The van der Waals surface area contributed by atoms with Crippen molar-refractivity contribution in [2.24, 2.45) is 0 Å². The van der Waals surface area contributed by atoms with Crippen molar-refractivity contribution < 1.29 is 9.32 Å². The van der Waals surface area contributed by atoms with Gasteiger partial charge >= 0.3 is 6.03 Å². The van der Waals surface area contributed by atoms with E-state index >= 15 is 0 Å². The van der Waals surface area contributed by atoms with Crippen LogP contribution in [-0.4, -0.2) is 11.2 Å². The highest BCUT2D eigenvalue weighted by atomic mass is 35.5. The molecule has 1 heterocycles. The van der Waals surface area contributed by atoms with Crippen LogP contribution < -0.4 is 10.6 Å². The van der Waals surface area contributed by atoms with E-state index in [1.165, 1.54) is 0 Å². The van der Waals surface area contributed by atoms with Gasteiger partial charge in [0.2, 0.25) is 0 Å². The number of aryl methyl sites for hydroxylation is 1. The third kappa shape index (κ3) is 3.70. The molecular weight excluding hydrogens is 314 g/mol. The Balaban J connectivity index is 1.66. The van der Waals surface area contributed by atoms with Gasteiger partial charge in [-0.05, 0) is 24.6 Å². The number of halogens is 1. The fourth-order valence-electron chi connectivity index (χ4n) is 2.02. The summed E-state index contributed by atoms with van der Waals surface area (Å²) in [7, 11) is 0. The first-order valence-electron chi connectivity index (χ1n) is 6.98. The van der Waals surface area contributed by atoms with E-state index in [0.717, 1.165) is 11.1 Å². The molecule has 2 N–H and O–H groups in total. The van der Waals surface area contributed by atoms with E-state index in [1.807, 2.05) is 43.3 Å². The summed E-state index contributed by atoms with van der Waals surface area (Å²) >= 11 is 6.03. The highest BCUT2D eigenvalue weighted by Crippen LogP contribution is 2.23. The molecule has 1 aromatic heterocycles. The van der Waals surface area contributed by atoms with E-state index in [0.29, 0.717) is 22.3 Å². The highest BCUT2D eigenvalue weighted by molar-refractivity contribution is 6.31. The molecule has 116 valence electrons. The average molecular weight is 328 g/mol. The molecule has 23 heavy (non-hydrogen) atoms. The first-order valence-corrected chi connectivity index (χ1v) is 7.36. The maximum atomic E-state index is 12.0. The largest absolute Gasteiger partial charge is 0.354 e. The van der Waals surface area contributed by atoms with Gasteiger partial charge in [-0.3, -0.25) is 5.32 Å². The van der Waals surface area contributed by atoms with E-state index in [9.17, 15) is 4.79 Å². The van der Waals surface area contributed by atoms with Crippen LogP contribution in [0.5, 0.6) is 0 Å². The van der Waals surface area contributed by atoms with Gasteiger partial charge in [-0.1, -0.05) is 53.2 Å². The molecule has 0 saturated carbocycles. The lowest BCUT2D eigenvalue weighted by Crippen LogP contribution is -2.19. The minimum absolute atomic E-state index is 0.333. The molecule has 0 spiro atoms. The fraction of sp³-hybridized carbons (Fsp3) is 0.0588. The smallest absolute Gasteiger partial charge is 0.324 e. The van der Waals surface area contributed by atoms with Crippen molar-refractivity contribution in [3.63, 3.8) is 0 Å². The van der Waals surface area contributed by atoms with Crippen molar-refractivity contribution in [2.45, 2.75) is 6.92 Å². The number of amides is 2. The summed E-state index contributed by atoms with van der Waals surface area (Å²) in [6.45, 7) is 1.90. The summed E-state index contributed by atoms with van der Waals surface area (Å²) in [6, 6.07) is 16.1. The number of carbonyl (C=O) groups is 1. The van der Waals surface area contributed by atoms with Crippen molar-refractivity contribution in [1.29, 1.82) is 0 Å². The number of carbonyl (C=O) groups excluding carboxylic acids is 1. The highest BCUT2D eigenvalue weighted by Gasteiger charge is 2.10. The van der Waals surface area contributed by atoms with Crippen molar-refractivity contribution in [3.05, 3.63) is 65.2 Å². The number of urea groups is 1. The zero-order chi connectivity index (χ0) is 16.2. The molecule has 0 aliphatic heterocycles. The minimum Gasteiger partial charge on any atom is -0.354 e. The lowest BCUT2D eigenvalue weighted by Gasteiger charge is -2.06. The van der Waals surface area contributed by atoms with E-state index in [-0.39, 0.29) is 0 Å². The zero-order valence-corrected chi connectivity index (χ0v) is 13.1. The van der Waals surface area contributed by atoms with E-state index < -0.39 is 6.03 Å². The third-order valence-electron chi connectivity index (χ3n) is 3.24. The van der Waals surface area contributed by atoms with E-state index in [2.05, 4.69) is 15.8 Å². The predicted molar refractivity (Wildman–Crippen MR) is 90.8 cm³/mol. The van der Waals surface area contributed by atoms with E-state index in [1.54, 1.807) is 18.2 Å². The van der Waals surface area contributed by atoms with Gasteiger partial charge in [0.25, 0.3) is 0 Å².